The highest BCUT2D eigenvalue weighted by atomic mass is 32.1. The van der Waals surface area contributed by atoms with E-state index in [4.69, 9.17) is 9.15 Å². The van der Waals surface area contributed by atoms with Gasteiger partial charge in [-0.1, -0.05) is 0 Å². The van der Waals surface area contributed by atoms with Crippen molar-refractivity contribution in [1.82, 2.24) is 9.97 Å². The molecule has 0 saturated carbocycles. The first-order chi connectivity index (χ1) is 14.6. The molecule has 6 nitrogen and oxygen atoms in total. The number of carbonyl (C=O) groups excluding carboxylic acids is 1. The molecule has 0 aliphatic heterocycles. The molecule has 0 aliphatic carbocycles. The van der Waals surface area contributed by atoms with Gasteiger partial charge in [0.2, 0.25) is 5.91 Å². The van der Waals surface area contributed by atoms with E-state index in [0.29, 0.717) is 23.2 Å². The molecule has 30 heavy (non-hydrogen) atoms. The maximum Gasteiger partial charge on any atom is 0.226 e. The summed E-state index contributed by atoms with van der Waals surface area (Å²) in [6.07, 6.45) is 2.13. The minimum Gasteiger partial charge on any atom is -0.497 e. The summed E-state index contributed by atoms with van der Waals surface area (Å²) in [4.78, 5) is 20.9. The standard InChI is InChI=1S/C22H18FN3O3S/c1-28-17-8-4-14(5-9-17)18-13-30-22(25-18)26-20(27)10-11-21-24-12-19(29-21)15-2-6-16(23)7-3-15/h2-9,12-13H,10-11H2,1H3,(H,25,26,27). The molecule has 0 atom stereocenters. The molecule has 0 bridgehead atoms. The van der Waals surface area contributed by atoms with Crippen molar-refractivity contribution in [2.75, 3.05) is 12.4 Å². The first-order valence-corrected chi connectivity index (χ1v) is 10.1. The van der Waals surface area contributed by atoms with E-state index < -0.39 is 0 Å². The smallest absolute Gasteiger partial charge is 0.226 e. The molecule has 0 spiro atoms. The van der Waals surface area contributed by atoms with Gasteiger partial charge in [0, 0.05) is 29.3 Å². The lowest BCUT2D eigenvalue weighted by Gasteiger charge is -2.01. The number of hydrogen-bond donors (Lipinski definition) is 1. The highest BCUT2D eigenvalue weighted by Gasteiger charge is 2.11. The molecule has 4 rings (SSSR count). The normalized spacial score (nSPS) is 10.7. The SMILES string of the molecule is COc1ccc(-c2csc(NC(=O)CCc3ncc(-c4ccc(F)cc4)o3)n2)cc1. The molecule has 1 N–H and O–H groups in total. The molecule has 8 heteroatoms. The van der Waals surface area contributed by atoms with Crippen LogP contribution in [0.3, 0.4) is 0 Å². The van der Waals surface area contributed by atoms with Gasteiger partial charge in [0.05, 0.1) is 19.0 Å². The molecule has 2 heterocycles. The van der Waals surface area contributed by atoms with Gasteiger partial charge in [-0.3, -0.25) is 4.79 Å². The van der Waals surface area contributed by atoms with Gasteiger partial charge in [-0.05, 0) is 48.5 Å². The zero-order valence-corrected chi connectivity index (χ0v) is 16.9. The maximum atomic E-state index is 13.0. The number of aryl methyl sites for hydroxylation is 1. The third kappa shape index (κ3) is 4.72. The molecule has 1 amide bonds. The summed E-state index contributed by atoms with van der Waals surface area (Å²) < 4.78 is 23.8. The number of aromatic nitrogens is 2. The van der Waals surface area contributed by atoms with E-state index in [2.05, 4.69) is 15.3 Å². The summed E-state index contributed by atoms with van der Waals surface area (Å²) in [6.45, 7) is 0. The predicted octanol–water partition coefficient (Wildman–Crippen LogP) is 5.18. The fourth-order valence-electron chi connectivity index (χ4n) is 2.80. The zero-order valence-electron chi connectivity index (χ0n) is 16.1. The third-order valence-corrected chi connectivity index (χ3v) is 5.14. The van der Waals surface area contributed by atoms with Gasteiger partial charge in [-0.15, -0.1) is 11.3 Å². The molecule has 2 aromatic carbocycles. The molecule has 0 radical (unpaired) electrons. The Morgan fingerprint density at radius 2 is 1.87 bits per heavy atom. The molecule has 0 saturated heterocycles. The van der Waals surface area contributed by atoms with Crippen molar-refractivity contribution in [3.05, 3.63) is 71.8 Å². The minimum atomic E-state index is -0.313. The van der Waals surface area contributed by atoms with E-state index in [1.165, 1.54) is 23.5 Å². The van der Waals surface area contributed by atoms with Crippen molar-refractivity contribution in [2.45, 2.75) is 12.8 Å². The minimum absolute atomic E-state index is 0.174. The lowest BCUT2D eigenvalue weighted by atomic mass is 10.2. The fraction of sp³-hybridized carbons (Fsp3) is 0.136. The van der Waals surface area contributed by atoms with Crippen molar-refractivity contribution in [3.8, 4) is 28.3 Å². The van der Waals surface area contributed by atoms with Gasteiger partial charge < -0.3 is 14.5 Å². The summed E-state index contributed by atoms with van der Waals surface area (Å²) in [5, 5.41) is 5.22. The van der Waals surface area contributed by atoms with E-state index in [0.717, 1.165) is 22.6 Å². The number of hydrogen-bond acceptors (Lipinski definition) is 6. The molecule has 4 aromatic rings. The van der Waals surface area contributed by atoms with Gasteiger partial charge in [-0.25, -0.2) is 14.4 Å². The Morgan fingerprint density at radius 1 is 1.13 bits per heavy atom. The van der Waals surface area contributed by atoms with Crippen LogP contribution in [0.25, 0.3) is 22.6 Å². The zero-order chi connectivity index (χ0) is 20.9. The quantitative estimate of drug-likeness (QED) is 0.443. The Balaban J connectivity index is 1.32. The summed E-state index contributed by atoms with van der Waals surface area (Å²) in [5.74, 6) is 1.27. The van der Waals surface area contributed by atoms with Gasteiger partial charge >= 0.3 is 0 Å². The third-order valence-electron chi connectivity index (χ3n) is 4.38. The van der Waals surface area contributed by atoms with Crippen LogP contribution >= 0.6 is 11.3 Å². The van der Waals surface area contributed by atoms with Gasteiger partial charge in [-0.2, -0.15) is 0 Å². The number of ether oxygens (including phenoxy) is 1. The molecule has 152 valence electrons. The van der Waals surface area contributed by atoms with Crippen molar-refractivity contribution >= 4 is 22.4 Å². The van der Waals surface area contributed by atoms with Crippen LogP contribution in [0.2, 0.25) is 0 Å². The average Bonchev–Trinajstić information content (AvgIpc) is 3.43. The van der Waals surface area contributed by atoms with Crippen LogP contribution in [0.1, 0.15) is 12.3 Å². The lowest BCUT2D eigenvalue weighted by molar-refractivity contribution is -0.116. The summed E-state index contributed by atoms with van der Waals surface area (Å²) in [6, 6.07) is 13.5. The van der Waals surface area contributed by atoms with Crippen LogP contribution < -0.4 is 10.1 Å². The van der Waals surface area contributed by atoms with Crippen LogP contribution in [0.4, 0.5) is 9.52 Å². The lowest BCUT2D eigenvalue weighted by Crippen LogP contribution is -2.12. The van der Waals surface area contributed by atoms with Crippen LogP contribution in [-0.2, 0) is 11.2 Å². The number of thiazole rings is 1. The number of carbonyl (C=O) groups is 1. The largest absolute Gasteiger partial charge is 0.497 e. The molecule has 2 aromatic heterocycles. The summed E-state index contributed by atoms with van der Waals surface area (Å²) in [5.41, 5.74) is 2.46. The number of nitrogens with one attached hydrogen (secondary N) is 1. The molecular formula is C22H18FN3O3S. The number of oxazole rings is 1. The van der Waals surface area contributed by atoms with E-state index in [-0.39, 0.29) is 18.1 Å². The number of benzene rings is 2. The van der Waals surface area contributed by atoms with Crippen molar-refractivity contribution in [1.29, 1.82) is 0 Å². The van der Waals surface area contributed by atoms with E-state index in [1.807, 2.05) is 29.6 Å². The number of amides is 1. The summed E-state index contributed by atoms with van der Waals surface area (Å²) in [7, 11) is 1.62. The second-order valence-corrected chi connectivity index (χ2v) is 7.30. The Bertz CT molecular complexity index is 1140. The van der Waals surface area contributed by atoms with Crippen molar-refractivity contribution in [3.63, 3.8) is 0 Å². The fourth-order valence-corrected chi connectivity index (χ4v) is 3.54. The Kier molecular flexibility index (Phi) is 5.85. The Hall–Kier alpha value is -3.52. The highest BCUT2D eigenvalue weighted by molar-refractivity contribution is 7.14. The van der Waals surface area contributed by atoms with Crippen molar-refractivity contribution in [2.24, 2.45) is 0 Å². The second-order valence-electron chi connectivity index (χ2n) is 6.44. The molecule has 0 unspecified atom stereocenters. The van der Waals surface area contributed by atoms with Gasteiger partial charge in [0.15, 0.2) is 16.8 Å². The van der Waals surface area contributed by atoms with Crippen LogP contribution in [-0.4, -0.2) is 23.0 Å². The van der Waals surface area contributed by atoms with Crippen LogP contribution in [0.5, 0.6) is 5.75 Å². The molecule has 0 aliphatic rings. The topological polar surface area (TPSA) is 77.2 Å². The number of rotatable bonds is 7. The van der Waals surface area contributed by atoms with E-state index in [9.17, 15) is 9.18 Å². The van der Waals surface area contributed by atoms with Gasteiger partial charge in [0.1, 0.15) is 11.6 Å². The Labute approximate surface area is 176 Å². The molecule has 0 fully saturated rings. The second kappa shape index (κ2) is 8.87. The van der Waals surface area contributed by atoms with Crippen LogP contribution in [0, 0.1) is 5.82 Å². The number of anilines is 1. The van der Waals surface area contributed by atoms with Gasteiger partial charge in [0.25, 0.3) is 0 Å². The summed E-state index contributed by atoms with van der Waals surface area (Å²) >= 11 is 1.36. The monoisotopic (exact) mass is 423 g/mol. The molecular weight excluding hydrogens is 405 g/mol. The number of methoxy groups -OCH3 is 1. The first kappa shape index (κ1) is 19.8. The Morgan fingerprint density at radius 3 is 2.60 bits per heavy atom. The highest BCUT2D eigenvalue weighted by Crippen LogP contribution is 2.27. The van der Waals surface area contributed by atoms with E-state index in [1.54, 1.807) is 25.4 Å². The predicted molar refractivity (Wildman–Crippen MR) is 113 cm³/mol. The van der Waals surface area contributed by atoms with E-state index >= 15 is 0 Å². The van der Waals surface area contributed by atoms with Crippen LogP contribution in [0.15, 0.2) is 64.5 Å². The number of nitrogens with zero attached hydrogens (tertiary/aromatic N) is 2. The average molecular weight is 423 g/mol. The maximum absolute atomic E-state index is 13.0. The first-order valence-electron chi connectivity index (χ1n) is 9.21. The van der Waals surface area contributed by atoms with Crippen molar-refractivity contribution < 1.29 is 18.3 Å². The number of halogens is 1.